The van der Waals surface area contributed by atoms with Gasteiger partial charge in [0, 0.05) is 18.5 Å². The van der Waals surface area contributed by atoms with E-state index in [1.54, 1.807) is 0 Å². The summed E-state index contributed by atoms with van der Waals surface area (Å²) < 4.78 is 0. The lowest BCUT2D eigenvalue weighted by molar-refractivity contribution is -0.135. The second-order valence-corrected chi connectivity index (χ2v) is 7.55. The summed E-state index contributed by atoms with van der Waals surface area (Å²) in [6, 6.07) is 14.5. The van der Waals surface area contributed by atoms with Gasteiger partial charge >= 0.3 is 0 Å². The molecule has 3 heteroatoms. The highest BCUT2D eigenvalue weighted by Crippen LogP contribution is 2.45. The van der Waals surface area contributed by atoms with Crippen LogP contribution in [-0.2, 0) is 11.2 Å². The smallest absolute Gasteiger partial charge is 0.227 e. The summed E-state index contributed by atoms with van der Waals surface area (Å²) in [5, 5.41) is 12.8. The number of aliphatic hydroxyl groups is 1. The van der Waals surface area contributed by atoms with Crippen molar-refractivity contribution in [2.75, 3.05) is 13.1 Å². The van der Waals surface area contributed by atoms with Crippen molar-refractivity contribution < 1.29 is 9.90 Å². The van der Waals surface area contributed by atoms with Crippen LogP contribution in [0.2, 0.25) is 0 Å². The highest BCUT2D eigenvalue weighted by atomic mass is 16.3. The molecule has 1 aliphatic heterocycles. The third-order valence-corrected chi connectivity index (χ3v) is 5.99. The van der Waals surface area contributed by atoms with Crippen molar-refractivity contribution in [1.82, 2.24) is 4.90 Å². The van der Waals surface area contributed by atoms with Crippen molar-refractivity contribution in [2.24, 2.45) is 5.41 Å². The largest absolute Gasteiger partial charge is 0.392 e. The first kappa shape index (κ1) is 15.6. The Bertz CT molecular complexity index is 756. The normalized spacial score (nSPS) is 27.0. The van der Waals surface area contributed by atoms with Gasteiger partial charge in [-0.2, -0.15) is 0 Å². The number of likely N-dealkylation sites (tertiary alicyclic amines) is 1. The summed E-state index contributed by atoms with van der Waals surface area (Å²) in [4.78, 5) is 14.8. The molecule has 24 heavy (non-hydrogen) atoms. The minimum absolute atomic E-state index is 0.0305. The Hall–Kier alpha value is -1.87. The number of rotatable bonds is 2. The zero-order chi connectivity index (χ0) is 16.6. The SMILES string of the molecule is O=C(Cc1ccc2ccccc2c1)N1CCC[C@]2(CCC[C@H]2O)C1. The molecule has 1 amide bonds. The first-order valence-electron chi connectivity index (χ1n) is 9.10. The summed E-state index contributed by atoms with van der Waals surface area (Å²) >= 11 is 0. The Balaban J connectivity index is 1.48. The van der Waals surface area contributed by atoms with Crippen molar-refractivity contribution >= 4 is 16.7 Å². The fourth-order valence-electron chi connectivity index (χ4n) is 4.60. The van der Waals surface area contributed by atoms with Gasteiger partial charge in [-0.05, 0) is 42.0 Å². The number of nitrogens with zero attached hydrogens (tertiary/aromatic N) is 1. The van der Waals surface area contributed by atoms with E-state index in [0.717, 1.165) is 50.8 Å². The number of hydrogen-bond acceptors (Lipinski definition) is 2. The predicted octanol–water partition coefficient (Wildman–Crippen LogP) is 3.54. The van der Waals surface area contributed by atoms with Crippen molar-refractivity contribution in [3.8, 4) is 0 Å². The van der Waals surface area contributed by atoms with E-state index in [1.165, 1.54) is 10.8 Å². The van der Waals surface area contributed by atoms with Crippen molar-refractivity contribution in [1.29, 1.82) is 0 Å². The number of aliphatic hydroxyl groups excluding tert-OH is 1. The monoisotopic (exact) mass is 323 g/mol. The maximum Gasteiger partial charge on any atom is 0.227 e. The first-order valence-corrected chi connectivity index (χ1v) is 9.10. The van der Waals surface area contributed by atoms with E-state index in [0.29, 0.717) is 6.42 Å². The fraction of sp³-hybridized carbons (Fsp3) is 0.476. The van der Waals surface area contributed by atoms with E-state index in [4.69, 9.17) is 0 Å². The Labute approximate surface area is 143 Å². The molecule has 1 aliphatic carbocycles. The third-order valence-electron chi connectivity index (χ3n) is 5.99. The number of piperidine rings is 1. The Morgan fingerprint density at radius 1 is 1.12 bits per heavy atom. The first-order chi connectivity index (χ1) is 11.7. The second kappa shape index (κ2) is 6.21. The number of hydrogen-bond donors (Lipinski definition) is 1. The van der Waals surface area contributed by atoms with Gasteiger partial charge in [0.15, 0.2) is 0 Å². The Kier molecular flexibility index (Phi) is 4.05. The number of amides is 1. The molecule has 0 bridgehead atoms. The third kappa shape index (κ3) is 2.82. The van der Waals surface area contributed by atoms with Crippen LogP contribution >= 0.6 is 0 Å². The molecule has 0 unspecified atom stereocenters. The van der Waals surface area contributed by atoms with Crippen LogP contribution in [0.1, 0.15) is 37.7 Å². The lowest BCUT2D eigenvalue weighted by Crippen LogP contribution is -2.49. The highest BCUT2D eigenvalue weighted by molar-refractivity contribution is 5.85. The van der Waals surface area contributed by atoms with Crippen LogP contribution in [0.3, 0.4) is 0 Å². The Morgan fingerprint density at radius 2 is 1.92 bits per heavy atom. The molecule has 1 spiro atoms. The summed E-state index contributed by atoms with van der Waals surface area (Å²) in [5.41, 5.74) is 1.04. The van der Waals surface area contributed by atoms with Gasteiger partial charge in [-0.3, -0.25) is 4.79 Å². The molecule has 0 radical (unpaired) electrons. The summed E-state index contributed by atoms with van der Waals surface area (Å²) in [6.07, 6.45) is 5.36. The van der Waals surface area contributed by atoms with Gasteiger partial charge in [0.2, 0.25) is 5.91 Å². The molecular formula is C21H25NO2. The summed E-state index contributed by atoms with van der Waals surface area (Å²) in [7, 11) is 0. The van der Waals surface area contributed by atoms with Crippen LogP contribution in [0.5, 0.6) is 0 Å². The van der Waals surface area contributed by atoms with Crippen molar-refractivity contribution in [2.45, 2.75) is 44.6 Å². The van der Waals surface area contributed by atoms with Crippen LogP contribution in [0.25, 0.3) is 10.8 Å². The molecule has 1 heterocycles. The van der Waals surface area contributed by atoms with E-state index in [9.17, 15) is 9.90 Å². The minimum atomic E-state index is -0.228. The maximum absolute atomic E-state index is 12.8. The molecule has 1 saturated heterocycles. The molecule has 2 aromatic carbocycles. The number of fused-ring (bicyclic) bond motifs is 1. The number of carbonyl (C=O) groups excluding carboxylic acids is 1. The van der Waals surface area contributed by atoms with E-state index in [-0.39, 0.29) is 17.4 Å². The maximum atomic E-state index is 12.8. The lowest BCUT2D eigenvalue weighted by atomic mass is 9.76. The van der Waals surface area contributed by atoms with Crippen LogP contribution in [0.4, 0.5) is 0 Å². The average Bonchev–Trinajstić information content (AvgIpc) is 2.94. The molecule has 2 fully saturated rings. The topological polar surface area (TPSA) is 40.5 Å². The van der Waals surface area contributed by atoms with Gasteiger partial charge in [0.1, 0.15) is 0 Å². The van der Waals surface area contributed by atoms with Crippen LogP contribution in [0, 0.1) is 5.41 Å². The molecule has 1 N–H and O–H groups in total. The van der Waals surface area contributed by atoms with Crippen LogP contribution < -0.4 is 0 Å². The quantitative estimate of drug-likeness (QED) is 0.918. The predicted molar refractivity (Wildman–Crippen MR) is 95.8 cm³/mol. The number of carbonyl (C=O) groups is 1. The number of benzene rings is 2. The second-order valence-electron chi connectivity index (χ2n) is 7.55. The van der Waals surface area contributed by atoms with E-state index < -0.39 is 0 Å². The van der Waals surface area contributed by atoms with Crippen molar-refractivity contribution in [3.05, 3.63) is 48.0 Å². The highest BCUT2D eigenvalue weighted by Gasteiger charge is 2.45. The van der Waals surface area contributed by atoms with Crippen molar-refractivity contribution in [3.63, 3.8) is 0 Å². The van der Waals surface area contributed by atoms with E-state index in [2.05, 4.69) is 30.3 Å². The van der Waals surface area contributed by atoms with Crippen LogP contribution in [-0.4, -0.2) is 35.1 Å². The Morgan fingerprint density at radius 3 is 2.71 bits per heavy atom. The average molecular weight is 323 g/mol. The van der Waals surface area contributed by atoms with Gasteiger partial charge in [-0.25, -0.2) is 0 Å². The molecular weight excluding hydrogens is 298 g/mol. The zero-order valence-electron chi connectivity index (χ0n) is 14.1. The van der Waals surface area contributed by atoms with E-state index in [1.807, 2.05) is 17.0 Å². The molecule has 126 valence electrons. The zero-order valence-corrected chi connectivity index (χ0v) is 14.1. The van der Waals surface area contributed by atoms with Gasteiger partial charge in [0.05, 0.1) is 12.5 Å². The van der Waals surface area contributed by atoms with Gasteiger partial charge in [-0.15, -0.1) is 0 Å². The van der Waals surface area contributed by atoms with E-state index >= 15 is 0 Å². The molecule has 4 rings (SSSR count). The summed E-state index contributed by atoms with van der Waals surface area (Å²) in [5.74, 6) is 0.198. The standard InChI is InChI=1S/C21H25NO2/c23-19-7-3-10-21(19)11-4-12-22(15-21)20(24)14-16-8-9-17-5-1-2-6-18(17)13-16/h1-2,5-6,8-9,13,19,23H,3-4,7,10-12,14-15H2/t19-,21-/m1/s1. The van der Waals surface area contributed by atoms with Gasteiger partial charge in [0.25, 0.3) is 0 Å². The molecule has 0 aromatic heterocycles. The van der Waals surface area contributed by atoms with Gasteiger partial charge in [-0.1, -0.05) is 48.9 Å². The lowest BCUT2D eigenvalue weighted by Gasteiger charge is -2.42. The van der Waals surface area contributed by atoms with Crippen LogP contribution in [0.15, 0.2) is 42.5 Å². The fourth-order valence-corrected chi connectivity index (χ4v) is 4.60. The molecule has 2 atom stereocenters. The molecule has 2 aliphatic rings. The molecule has 2 aromatic rings. The minimum Gasteiger partial charge on any atom is -0.392 e. The van der Waals surface area contributed by atoms with Gasteiger partial charge < -0.3 is 10.0 Å². The molecule has 3 nitrogen and oxygen atoms in total. The molecule has 1 saturated carbocycles. The summed E-state index contributed by atoms with van der Waals surface area (Å²) in [6.45, 7) is 1.57.